The number of halogens is 1. The van der Waals surface area contributed by atoms with Crippen molar-refractivity contribution in [3.05, 3.63) is 105 Å². The van der Waals surface area contributed by atoms with Crippen molar-refractivity contribution in [2.45, 2.75) is 12.5 Å². The number of amides is 1. The first kappa shape index (κ1) is 25.4. The van der Waals surface area contributed by atoms with Crippen LogP contribution in [-0.2, 0) is 16.0 Å². The minimum Gasteiger partial charge on any atom is -0.507 e. The summed E-state index contributed by atoms with van der Waals surface area (Å²) in [5, 5.41) is 22.2. The number of nitro benzene ring substituents is 1. The Morgan fingerprint density at radius 3 is 2.24 bits per heavy atom. The van der Waals surface area contributed by atoms with Crippen molar-refractivity contribution in [3.63, 3.8) is 0 Å². The second-order valence-corrected chi connectivity index (χ2v) is 8.29. The van der Waals surface area contributed by atoms with Crippen molar-refractivity contribution >= 4 is 23.1 Å². The number of nitro groups is 1. The van der Waals surface area contributed by atoms with Gasteiger partial charge in [-0.15, -0.1) is 0 Å². The highest BCUT2D eigenvalue weighted by molar-refractivity contribution is 6.46. The van der Waals surface area contributed by atoms with Crippen LogP contribution >= 0.6 is 0 Å². The van der Waals surface area contributed by atoms with Crippen LogP contribution in [0.1, 0.15) is 22.7 Å². The van der Waals surface area contributed by atoms with Gasteiger partial charge in [-0.3, -0.25) is 19.7 Å². The minimum absolute atomic E-state index is 0.0991. The maximum absolute atomic E-state index is 13.4. The van der Waals surface area contributed by atoms with Crippen LogP contribution in [0.25, 0.3) is 5.76 Å². The molecule has 1 aliphatic rings. The third-order valence-electron chi connectivity index (χ3n) is 6.17. The fraction of sp³-hybridized carbons (Fsp3) is 0.185. The molecule has 1 unspecified atom stereocenters. The Morgan fingerprint density at radius 2 is 1.65 bits per heavy atom. The Morgan fingerprint density at radius 1 is 1.00 bits per heavy atom. The number of ketones is 1. The third kappa shape index (κ3) is 4.99. The molecular weight excluding hydrogens is 483 g/mol. The molecule has 1 atom stereocenters. The summed E-state index contributed by atoms with van der Waals surface area (Å²) in [6, 6.07) is 14.5. The highest BCUT2D eigenvalue weighted by Gasteiger charge is 2.46. The summed E-state index contributed by atoms with van der Waals surface area (Å²) in [5.74, 6) is -1.68. The molecule has 4 rings (SSSR count). The van der Waals surface area contributed by atoms with Gasteiger partial charge in [0.15, 0.2) is 11.5 Å². The molecule has 1 aliphatic heterocycles. The molecule has 37 heavy (non-hydrogen) atoms. The molecule has 1 fully saturated rings. The third-order valence-corrected chi connectivity index (χ3v) is 6.17. The Balaban J connectivity index is 1.75. The van der Waals surface area contributed by atoms with Crippen molar-refractivity contribution in [2.75, 3.05) is 20.8 Å². The summed E-state index contributed by atoms with van der Waals surface area (Å²) in [6.45, 7) is 0.0991. The lowest BCUT2D eigenvalue weighted by Crippen LogP contribution is -2.31. The summed E-state index contributed by atoms with van der Waals surface area (Å²) in [4.78, 5) is 38.1. The molecular formula is C27H23FN2O7. The number of Topliss-reactive ketones (excluding diaryl/α,β-unsaturated/α-hetero) is 1. The molecule has 0 saturated carbocycles. The lowest BCUT2D eigenvalue weighted by Gasteiger charge is -2.25. The Hall–Kier alpha value is -4.73. The highest BCUT2D eigenvalue weighted by Crippen LogP contribution is 2.40. The number of benzene rings is 3. The smallest absolute Gasteiger partial charge is 0.295 e. The summed E-state index contributed by atoms with van der Waals surface area (Å²) >= 11 is 0. The number of methoxy groups -OCH3 is 2. The van der Waals surface area contributed by atoms with Gasteiger partial charge in [0.1, 0.15) is 11.6 Å². The van der Waals surface area contributed by atoms with E-state index in [-0.39, 0.29) is 23.4 Å². The number of ether oxygens (including phenoxy) is 2. The van der Waals surface area contributed by atoms with Gasteiger partial charge in [-0.05, 0) is 66.1 Å². The van der Waals surface area contributed by atoms with Gasteiger partial charge in [0.25, 0.3) is 17.4 Å². The Labute approximate surface area is 211 Å². The molecule has 1 heterocycles. The predicted octanol–water partition coefficient (Wildman–Crippen LogP) is 4.42. The zero-order valence-electron chi connectivity index (χ0n) is 20.0. The second kappa shape index (κ2) is 10.5. The number of carbonyl (C=O) groups is 2. The maximum atomic E-state index is 13.4. The van der Waals surface area contributed by atoms with Crippen LogP contribution in [0.4, 0.5) is 10.1 Å². The van der Waals surface area contributed by atoms with Crippen LogP contribution in [0.5, 0.6) is 11.5 Å². The molecule has 1 saturated heterocycles. The van der Waals surface area contributed by atoms with Crippen LogP contribution < -0.4 is 9.47 Å². The van der Waals surface area contributed by atoms with E-state index in [4.69, 9.17) is 9.47 Å². The highest BCUT2D eigenvalue weighted by atomic mass is 19.1. The van der Waals surface area contributed by atoms with Crippen LogP contribution in [-0.4, -0.2) is 47.4 Å². The van der Waals surface area contributed by atoms with Gasteiger partial charge >= 0.3 is 0 Å². The second-order valence-electron chi connectivity index (χ2n) is 8.29. The SMILES string of the molecule is COc1ccc(CCN2C(=O)C(=O)C(=C(O)c3ccc(F)cc3)C2c2ccc([N+](=O)[O-])cc2)cc1OC. The van der Waals surface area contributed by atoms with E-state index < -0.39 is 34.2 Å². The standard InChI is InChI=1S/C27H23FN2O7/c1-36-21-12-3-16(15-22(21)37-2)13-14-29-24(17-6-10-20(11-7-17)30(34)35)23(26(32)27(29)33)25(31)18-4-8-19(28)9-5-18/h3-12,15,24,31H,13-14H2,1-2H3. The maximum Gasteiger partial charge on any atom is 0.295 e. The predicted molar refractivity (Wildman–Crippen MR) is 132 cm³/mol. The van der Waals surface area contributed by atoms with E-state index in [1.54, 1.807) is 18.2 Å². The lowest BCUT2D eigenvalue weighted by atomic mass is 9.95. The lowest BCUT2D eigenvalue weighted by molar-refractivity contribution is -0.384. The van der Waals surface area contributed by atoms with Crippen molar-refractivity contribution in [2.24, 2.45) is 0 Å². The molecule has 190 valence electrons. The molecule has 0 aromatic heterocycles. The molecule has 10 heteroatoms. The molecule has 0 radical (unpaired) electrons. The minimum atomic E-state index is -1.01. The monoisotopic (exact) mass is 506 g/mol. The number of aliphatic hydroxyl groups excluding tert-OH is 1. The van der Waals surface area contributed by atoms with Gasteiger partial charge in [0.05, 0.1) is 30.8 Å². The molecule has 0 bridgehead atoms. The number of hydrogen-bond acceptors (Lipinski definition) is 7. The number of likely N-dealkylation sites (tertiary alicyclic amines) is 1. The average Bonchev–Trinajstić information content (AvgIpc) is 3.16. The molecule has 0 aliphatic carbocycles. The van der Waals surface area contributed by atoms with Crippen molar-refractivity contribution in [3.8, 4) is 11.5 Å². The van der Waals surface area contributed by atoms with Gasteiger partial charge in [-0.1, -0.05) is 6.07 Å². The first-order valence-corrected chi connectivity index (χ1v) is 11.2. The van der Waals surface area contributed by atoms with E-state index >= 15 is 0 Å². The number of rotatable bonds is 8. The van der Waals surface area contributed by atoms with Crippen molar-refractivity contribution < 1.29 is 33.5 Å². The molecule has 1 N–H and O–H groups in total. The Bertz CT molecular complexity index is 1380. The summed E-state index contributed by atoms with van der Waals surface area (Å²) in [7, 11) is 3.02. The van der Waals surface area contributed by atoms with Gasteiger partial charge in [0.2, 0.25) is 0 Å². The van der Waals surface area contributed by atoms with Crippen LogP contribution in [0.3, 0.4) is 0 Å². The fourth-order valence-corrected chi connectivity index (χ4v) is 4.28. The molecule has 9 nitrogen and oxygen atoms in total. The fourth-order valence-electron chi connectivity index (χ4n) is 4.28. The normalized spacial score (nSPS) is 16.6. The van der Waals surface area contributed by atoms with Gasteiger partial charge in [-0.25, -0.2) is 4.39 Å². The van der Waals surface area contributed by atoms with Crippen molar-refractivity contribution in [1.82, 2.24) is 4.90 Å². The largest absolute Gasteiger partial charge is 0.507 e. The molecule has 3 aromatic rings. The van der Waals surface area contributed by atoms with E-state index in [2.05, 4.69) is 0 Å². The van der Waals surface area contributed by atoms with E-state index in [9.17, 15) is 29.2 Å². The number of aliphatic hydroxyl groups is 1. The van der Waals surface area contributed by atoms with E-state index in [1.807, 2.05) is 0 Å². The van der Waals surface area contributed by atoms with Crippen LogP contribution in [0.15, 0.2) is 72.3 Å². The molecule has 1 amide bonds. The van der Waals surface area contributed by atoms with E-state index in [0.29, 0.717) is 23.5 Å². The number of nitrogens with zero attached hydrogens (tertiary/aromatic N) is 2. The first-order valence-electron chi connectivity index (χ1n) is 11.2. The summed E-state index contributed by atoms with van der Waals surface area (Å²) in [6.07, 6.45) is 0.341. The Kier molecular flexibility index (Phi) is 7.19. The zero-order valence-corrected chi connectivity index (χ0v) is 20.0. The number of hydrogen-bond donors (Lipinski definition) is 1. The van der Waals surface area contributed by atoms with Crippen LogP contribution in [0, 0.1) is 15.9 Å². The van der Waals surface area contributed by atoms with Gasteiger partial charge < -0.3 is 19.5 Å². The van der Waals surface area contributed by atoms with Gasteiger partial charge in [-0.2, -0.15) is 0 Å². The van der Waals surface area contributed by atoms with E-state index in [0.717, 1.165) is 17.7 Å². The van der Waals surface area contributed by atoms with Crippen LogP contribution in [0.2, 0.25) is 0 Å². The van der Waals surface area contributed by atoms with E-state index in [1.165, 1.54) is 55.5 Å². The first-order chi connectivity index (χ1) is 17.7. The quantitative estimate of drug-likeness (QED) is 0.158. The average molecular weight is 506 g/mol. The summed E-state index contributed by atoms with van der Waals surface area (Å²) in [5.41, 5.74) is 1.02. The summed E-state index contributed by atoms with van der Waals surface area (Å²) < 4.78 is 24.0. The number of carbonyl (C=O) groups excluding carboxylic acids is 2. The zero-order chi connectivity index (χ0) is 26.7. The van der Waals surface area contributed by atoms with Gasteiger partial charge in [0, 0.05) is 24.2 Å². The van der Waals surface area contributed by atoms with Crippen molar-refractivity contribution in [1.29, 1.82) is 0 Å². The topological polar surface area (TPSA) is 119 Å². The number of non-ortho nitro benzene ring substituents is 1. The molecule has 3 aromatic carbocycles. The molecule has 0 spiro atoms.